The minimum atomic E-state index is 0.620. The first kappa shape index (κ1) is 15.4. The van der Waals surface area contributed by atoms with Crippen LogP contribution in [0.5, 0.6) is 5.75 Å². The lowest BCUT2D eigenvalue weighted by Gasteiger charge is -2.34. The van der Waals surface area contributed by atoms with Crippen LogP contribution in [0.15, 0.2) is 30.3 Å². The monoisotopic (exact) mass is 297 g/mol. The lowest BCUT2D eigenvalue weighted by atomic mass is 9.85. The summed E-state index contributed by atoms with van der Waals surface area (Å²) in [6, 6.07) is 11.8. The summed E-state index contributed by atoms with van der Waals surface area (Å²) in [5, 5.41) is 2.80. The highest BCUT2D eigenvalue weighted by atomic mass is 16.5. The Balaban J connectivity index is 2.01. The van der Waals surface area contributed by atoms with Crippen LogP contribution in [0.2, 0.25) is 0 Å². The van der Waals surface area contributed by atoms with Gasteiger partial charge in [-0.3, -0.25) is 0 Å². The van der Waals surface area contributed by atoms with E-state index in [4.69, 9.17) is 4.74 Å². The number of nitrogens with zero attached hydrogens (tertiary/aromatic N) is 1. The van der Waals surface area contributed by atoms with Gasteiger partial charge in [0.1, 0.15) is 5.75 Å². The minimum Gasteiger partial charge on any atom is -0.494 e. The molecule has 3 rings (SSSR count). The van der Waals surface area contributed by atoms with Gasteiger partial charge in [0.15, 0.2) is 0 Å². The lowest BCUT2D eigenvalue weighted by Crippen LogP contribution is -2.39. The average molecular weight is 297 g/mol. The molecule has 22 heavy (non-hydrogen) atoms. The third kappa shape index (κ3) is 2.85. The van der Waals surface area contributed by atoms with E-state index in [0.29, 0.717) is 6.04 Å². The van der Waals surface area contributed by atoms with E-state index < -0.39 is 0 Å². The summed E-state index contributed by atoms with van der Waals surface area (Å²) in [6.07, 6.45) is 3.36. The summed E-state index contributed by atoms with van der Waals surface area (Å²) in [5.74, 6) is 1.03. The van der Waals surface area contributed by atoms with Crippen LogP contribution in [0.25, 0.3) is 10.8 Å². The molecule has 0 saturated heterocycles. The number of benzene rings is 2. The Morgan fingerprint density at radius 1 is 1.05 bits per heavy atom. The van der Waals surface area contributed by atoms with Crippen LogP contribution in [-0.4, -0.2) is 30.6 Å². The van der Waals surface area contributed by atoms with Gasteiger partial charge < -0.3 is 9.64 Å². The van der Waals surface area contributed by atoms with Crippen molar-refractivity contribution in [2.75, 3.05) is 19.7 Å². The van der Waals surface area contributed by atoms with Crippen molar-refractivity contribution >= 4 is 10.8 Å². The quantitative estimate of drug-likeness (QED) is 0.781. The van der Waals surface area contributed by atoms with Crippen molar-refractivity contribution in [2.24, 2.45) is 0 Å². The van der Waals surface area contributed by atoms with Crippen molar-refractivity contribution in [3.05, 3.63) is 41.5 Å². The molecule has 0 heterocycles. The zero-order valence-corrected chi connectivity index (χ0v) is 14.1. The number of likely N-dealkylation sites (N-methyl/N-ethyl adjacent to an activating group) is 1. The van der Waals surface area contributed by atoms with Crippen molar-refractivity contribution in [1.29, 1.82) is 0 Å². The molecule has 2 heteroatoms. The van der Waals surface area contributed by atoms with Crippen molar-refractivity contribution in [3.8, 4) is 5.75 Å². The predicted molar refractivity (Wildman–Crippen MR) is 93.9 cm³/mol. The molecule has 118 valence electrons. The summed E-state index contributed by atoms with van der Waals surface area (Å²) < 4.78 is 5.90. The molecule has 0 saturated carbocycles. The van der Waals surface area contributed by atoms with E-state index in [-0.39, 0.29) is 0 Å². The summed E-state index contributed by atoms with van der Waals surface area (Å²) in [5.41, 5.74) is 2.96. The lowest BCUT2D eigenvalue weighted by molar-refractivity contribution is 0.212. The molecule has 0 N–H and O–H groups in total. The van der Waals surface area contributed by atoms with Gasteiger partial charge in [-0.15, -0.1) is 0 Å². The zero-order valence-electron chi connectivity index (χ0n) is 14.1. The minimum absolute atomic E-state index is 0.620. The van der Waals surface area contributed by atoms with Gasteiger partial charge in [-0.1, -0.05) is 39.0 Å². The van der Waals surface area contributed by atoms with Gasteiger partial charge in [0, 0.05) is 6.04 Å². The van der Waals surface area contributed by atoms with Crippen molar-refractivity contribution < 1.29 is 4.74 Å². The van der Waals surface area contributed by atoms with E-state index in [9.17, 15) is 0 Å². The molecule has 0 radical (unpaired) electrons. The topological polar surface area (TPSA) is 12.5 Å². The van der Waals surface area contributed by atoms with Crippen LogP contribution in [0, 0.1) is 0 Å². The Morgan fingerprint density at radius 2 is 1.82 bits per heavy atom. The van der Waals surface area contributed by atoms with Gasteiger partial charge in [0.05, 0.1) is 6.61 Å². The van der Waals surface area contributed by atoms with Gasteiger partial charge in [-0.05, 0) is 66.4 Å². The zero-order chi connectivity index (χ0) is 15.5. The maximum Gasteiger partial charge on any atom is 0.120 e. The molecule has 1 aliphatic carbocycles. The Labute approximate surface area is 134 Å². The molecule has 1 aliphatic rings. The van der Waals surface area contributed by atoms with E-state index in [1.54, 1.807) is 0 Å². The highest BCUT2D eigenvalue weighted by Crippen LogP contribution is 2.34. The summed E-state index contributed by atoms with van der Waals surface area (Å²) >= 11 is 0. The van der Waals surface area contributed by atoms with Gasteiger partial charge in [0.2, 0.25) is 0 Å². The Hall–Kier alpha value is -1.54. The standard InChI is InChI=1S/C20H27NO/c1-4-10-22-19-13-16-9-7-8-15-11-18(21(5-2)6-3)12-17(14-19)20(15)16/h7-9,13-14,18H,4-6,10-12H2,1-3H3. The predicted octanol–water partition coefficient (Wildman–Crippen LogP) is 4.44. The normalized spacial score (nSPS) is 17.2. The fourth-order valence-corrected chi connectivity index (χ4v) is 3.78. The summed E-state index contributed by atoms with van der Waals surface area (Å²) in [7, 11) is 0. The first-order valence-electron chi connectivity index (χ1n) is 8.68. The van der Waals surface area contributed by atoms with Crippen molar-refractivity contribution in [1.82, 2.24) is 4.90 Å². The molecule has 0 spiro atoms. The highest BCUT2D eigenvalue weighted by molar-refractivity contribution is 5.91. The molecule has 1 atom stereocenters. The highest BCUT2D eigenvalue weighted by Gasteiger charge is 2.24. The molecule has 0 amide bonds. The van der Waals surface area contributed by atoms with Crippen LogP contribution in [0.1, 0.15) is 38.3 Å². The molecule has 0 aromatic heterocycles. The van der Waals surface area contributed by atoms with Gasteiger partial charge in [-0.2, -0.15) is 0 Å². The molecule has 0 fully saturated rings. The van der Waals surface area contributed by atoms with Crippen LogP contribution >= 0.6 is 0 Å². The fourth-order valence-electron chi connectivity index (χ4n) is 3.78. The second-order valence-electron chi connectivity index (χ2n) is 6.23. The molecular weight excluding hydrogens is 270 g/mol. The summed E-state index contributed by atoms with van der Waals surface area (Å²) in [6.45, 7) is 9.72. The largest absolute Gasteiger partial charge is 0.494 e. The van der Waals surface area contributed by atoms with E-state index in [1.165, 1.54) is 28.3 Å². The Bertz CT molecular complexity index is 645. The maximum absolute atomic E-state index is 5.90. The first-order valence-corrected chi connectivity index (χ1v) is 8.68. The van der Waals surface area contributed by atoms with E-state index in [2.05, 4.69) is 56.0 Å². The van der Waals surface area contributed by atoms with Crippen LogP contribution < -0.4 is 4.74 Å². The van der Waals surface area contributed by atoms with Crippen molar-refractivity contribution in [3.63, 3.8) is 0 Å². The number of ether oxygens (including phenoxy) is 1. The number of rotatable bonds is 6. The molecular formula is C20H27NO. The average Bonchev–Trinajstić information content (AvgIpc) is 2.54. The van der Waals surface area contributed by atoms with Crippen LogP contribution in [-0.2, 0) is 12.8 Å². The third-order valence-electron chi connectivity index (χ3n) is 4.83. The smallest absolute Gasteiger partial charge is 0.120 e. The second kappa shape index (κ2) is 6.70. The molecule has 0 bridgehead atoms. The second-order valence-corrected chi connectivity index (χ2v) is 6.23. The first-order chi connectivity index (χ1) is 10.8. The van der Waals surface area contributed by atoms with E-state index in [0.717, 1.165) is 38.3 Å². The van der Waals surface area contributed by atoms with Gasteiger partial charge >= 0.3 is 0 Å². The molecule has 2 aromatic rings. The molecule has 2 aromatic carbocycles. The Kier molecular flexibility index (Phi) is 4.68. The van der Waals surface area contributed by atoms with E-state index >= 15 is 0 Å². The molecule has 2 nitrogen and oxygen atoms in total. The third-order valence-corrected chi connectivity index (χ3v) is 4.83. The van der Waals surface area contributed by atoms with Crippen molar-refractivity contribution in [2.45, 2.75) is 46.1 Å². The molecule has 0 aliphatic heterocycles. The Morgan fingerprint density at radius 3 is 2.55 bits per heavy atom. The SMILES string of the molecule is CCCOc1cc2c3c(cccc3c1)CC(N(CC)CC)C2. The van der Waals surface area contributed by atoms with Gasteiger partial charge in [-0.25, -0.2) is 0 Å². The van der Waals surface area contributed by atoms with E-state index in [1.807, 2.05) is 0 Å². The summed E-state index contributed by atoms with van der Waals surface area (Å²) in [4.78, 5) is 2.58. The molecule has 1 unspecified atom stereocenters. The van der Waals surface area contributed by atoms with Gasteiger partial charge in [0.25, 0.3) is 0 Å². The number of hydrogen-bond donors (Lipinski definition) is 0. The fraction of sp³-hybridized carbons (Fsp3) is 0.500. The number of hydrogen-bond acceptors (Lipinski definition) is 2. The van der Waals surface area contributed by atoms with Crippen LogP contribution in [0.3, 0.4) is 0 Å². The van der Waals surface area contributed by atoms with Crippen LogP contribution in [0.4, 0.5) is 0 Å². The maximum atomic E-state index is 5.90.